The minimum atomic E-state index is 0.340. The molecule has 1 aromatic heterocycles. The van der Waals surface area contributed by atoms with Crippen molar-refractivity contribution in [3.05, 3.63) is 35.1 Å². The maximum absolute atomic E-state index is 5.72. The zero-order valence-corrected chi connectivity index (χ0v) is 10.2. The van der Waals surface area contributed by atoms with E-state index in [-0.39, 0.29) is 0 Å². The van der Waals surface area contributed by atoms with Crippen molar-refractivity contribution in [1.29, 1.82) is 0 Å². The van der Waals surface area contributed by atoms with E-state index in [1.165, 1.54) is 6.33 Å². The van der Waals surface area contributed by atoms with E-state index in [9.17, 15) is 0 Å². The summed E-state index contributed by atoms with van der Waals surface area (Å²) >= 11 is 3.41. The highest BCUT2D eigenvalue weighted by atomic mass is 79.9. The summed E-state index contributed by atoms with van der Waals surface area (Å²) in [6, 6.07) is 7.76. The van der Waals surface area contributed by atoms with E-state index in [0.29, 0.717) is 17.3 Å². The van der Waals surface area contributed by atoms with E-state index in [0.717, 1.165) is 10.0 Å². The van der Waals surface area contributed by atoms with Gasteiger partial charge in [0.1, 0.15) is 12.0 Å². The second-order valence-electron chi connectivity index (χ2n) is 3.15. The van der Waals surface area contributed by atoms with E-state index in [1.54, 1.807) is 7.11 Å². The van der Waals surface area contributed by atoms with Crippen molar-refractivity contribution in [3.8, 4) is 17.0 Å². The molecule has 1 aromatic carbocycles. The second-order valence-corrected chi connectivity index (χ2v) is 4.07. The molecule has 2 rings (SSSR count). The molecule has 0 aliphatic rings. The SMILES string of the molecule is COc1c(N)ncnc1-c1cccc(Br)c1. The van der Waals surface area contributed by atoms with Gasteiger partial charge in [-0.1, -0.05) is 28.1 Å². The van der Waals surface area contributed by atoms with Crippen molar-refractivity contribution < 1.29 is 4.74 Å². The van der Waals surface area contributed by atoms with Gasteiger partial charge in [0.2, 0.25) is 0 Å². The molecule has 0 spiro atoms. The lowest BCUT2D eigenvalue weighted by atomic mass is 10.1. The first-order chi connectivity index (χ1) is 7.72. The number of nitrogens with two attached hydrogens (primary N) is 1. The van der Waals surface area contributed by atoms with Gasteiger partial charge in [0.05, 0.1) is 7.11 Å². The molecule has 0 amide bonds. The van der Waals surface area contributed by atoms with Crippen LogP contribution in [-0.2, 0) is 0 Å². The quantitative estimate of drug-likeness (QED) is 0.918. The number of anilines is 1. The van der Waals surface area contributed by atoms with Gasteiger partial charge in [-0.05, 0) is 12.1 Å². The van der Waals surface area contributed by atoms with E-state index in [2.05, 4.69) is 25.9 Å². The van der Waals surface area contributed by atoms with Crippen LogP contribution in [0, 0.1) is 0 Å². The Balaban J connectivity index is 2.60. The van der Waals surface area contributed by atoms with Crippen LogP contribution >= 0.6 is 15.9 Å². The van der Waals surface area contributed by atoms with Crippen molar-refractivity contribution in [2.24, 2.45) is 0 Å². The molecule has 82 valence electrons. The Morgan fingerprint density at radius 3 is 2.81 bits per heavy atom. The Labute approximate surface area is 102 Å². The highest BCUT2D eigenvalue weighted by Crippen LogP contribution is 2.32. The van der Waals surface area contributed by atoms with Gasteiger partial charge in [0, 0.05) is 10.0 Å². The third-order valence-electron chi connectivity index (χ3n) is 2.13. The summed E-state index contributed by atoms with van der Waals surface area (Å²) in [4.78, 5) is 8.07. The molecule has 0 unspecified atom stereocenters. The van der Waals surface area contributed by atoms with Crippen molar-refractivity contribution in [1.82, 2.24) is 9.97 Å². The summed E-state index contributed by atoms with van der Waals surface area (Å²) in [5.74, 6) is 0.841. The molecule has 0 fully saturated rings. The average Bonchev–Trinajstić information content (AvgIpc) is 2.28. The maximum Gasteiger partial charge on any atom is 0.187 e. The van der Waals surface area contributed by atoms with Gasteiger partial charge in [0.15, 0.2) is 11.6 Å². The number of hydrogen-bond donors (Lipinski definition) is 1. The molecule has 0 aliphatic carbocycles. The first-order valence-corrected chi connectivity index (χ1v) is 5.42. The largest absolute Gasteiger partial charge is 0.491 e. The zero-order chi connectivity index (χ0) is 11.5. The summed E-state index contributed by atoms with van der Waals surface area (Å²) in [6.07, 6.45) is 1.42. The molecular formula is C11H10BrN3O. The molecule has 16 heavy (non-hydrogen) atoms. The number of halogens is 1. The van der Waals surface area contributed by atoms with Crippen molar-refractivity contribution in [2.45, 2.75) is 0 Å². The predicted octanol–water partition coefficient (Wildman–Crippen LogP) is 2.50. The smallest absolute Gasteiger partial charge is 0.187 e. The summed E-state index contributed by atoms with van der Waals surface area (Å²) < 4.78 is 6.18. The van der Waals surface area contributed by atoms with Crippen LogP contribution < -0.4 is 10.5 Å². The molecule has 1 heterocycles. The third-order valence-corrected chi connectivity index (χ3v) is 2.63. The van der Waals surface area contributed by atoms with Crippen LogP contribution in [0.1, 0.15) is 0 Å². The molecular weight excluding hydrogens is 270 g/mol. The topological polar surface area (TPSA) is 61.0 Å². The molecule has 4 nitrogen and oxygen atoms in total. The van der Waals surface area contributed by atoms with Gasteiger partial charge in [-0.2, -0.15) is 0 Å². The monoisotopic (exact) mass is 279 g/mol. The molecule has 0 saturated heterocycles. The fourth-order valence-corrected chi connectivity index (χ4v) is 1.83. The Bertz CT molecular complexity index is 516. The van der Waals surface area contributed by atoms with E-state index >= 15 is 0 Å². The van der Waals surface area contributed by atoms with E-state index in [1.807, 2.05) is 24.3 Å². The van der Waals surface area contributed by atoms with Gasteiger partial charge in [-0.25, -0.2) is 9.97 Å². The minimum Gasteiger partial charge on any atom is -0.491 e. The number of rotatable bonds is 2. The van der Waals surface area contributed by atoms with Gasteiger partial charge in [-0.3, -0.25) is 0 Å². The van der Waals surface area contributed by atoms with Crippen LogP contribution in [0.5, 0.6) is 5.75 Å². The Kier molecular flexibility index (Phi) is 3.05. The normalized spacial score (nSPS) is 10.1. The summed E-state index contributed by atoms with van der Waals surface area (Å²) in [5, 5.41) is 0. The van der Waals surface area contributed by atoms with Crippen molar-refractivity contribution in [2.75, 3.05) is 12.8 Å². The van der Waals surface area contributed by atoms with Crippen LogP contribution in [0.4, 0.5) is 5.82 Å². The molecule has 0 atom stereocenters. The Morgan fingerprint density at radius 2 is 2.12 bits per heavy atom. The molecule has 0 aliphatic heterocycles. The lowest BCUT2D eigenvalue weighted by molar-refractivity contribution is 0.415. The first kappa shape index (κ1) is 10.9. The molecule has 2 N–H and O–H groups in total. The third kappa shape index (κ3) is 1.99. The lowest BCUT2D eigenvalue weighted by Gasteiger charge is -2.08. The number of hydrogen-bond acceptors (Lipinski definition) is 4. The summed E-state index contributed by atoms with van der Waals surface area (Å²) in [5.41, 5.74) is 7.34. The molecule has 0 radical (unpaired) electrons. The fraction of sp³-hybridized carbons (Fsp3) is 0.0909. The van der Waals surface area contributed by atoms with Gasteiger partial charge in [-0.15, -0.1) is 0 Å². The number of nitrogens with zero attached hydrogens (tertiary/aromatic N) is 2. The maximum atomic E-state index is 5.72. The Hall–Kier alpha value is -1.62. The number of aromatic nitrogens is 2. The highest BCUT2D eigenvalue weighted by Gasteiger charge is 2.11. The van der Waals surface area contributed by atoms with Crippen LogP contribution in [0.2, 0.25) is 0 Å². The van der Waals surface area contributed by atoms with Crippen LogP contribution in [0.15, 0.2) is 35.1 Å². The van der Waals surface area contributed by atoms with Crippen molar-refractivity contribution >= 4 is 21.7 Å². The molecule has 0 bridgehead atoms. The van der Waals surface area contributed by atoms with Gasteiger partial charge >= 0.3 is 0 Å². The Morgan fingerprint density at radius 1 is 1.31 bits per heavy atom. The standard InChI is InChI=1S/C11H10BrN3O/c1-16-10-9(14-6-15-11(10)13)7-3-2-4-8(12)5-7/h2-6H,1H3,(H2,13,14,15). The molecule has 2 aromatic rings. The average molecular weight is 280 g/mol. The second kappa shape index (κ2) is 4.49. The number of ether oxygens (including phenoxy) is 1. The minimum absolute atomic E-state index is 0.340. The van der Waals surface area contributed by atoms with Crippen molar-refractivity contribution in [3.63, 3.8) is 0 Å². The number of benzene rings is 1. The number of nitrogen functional groups attached to an aromatic ring is 1. The van der Waals surface area contributed by atoms with Crippen LogP contribution in [-0.4, -0.2) is 17.1 Å². The first-order valence-electron chi connectivity index (χ1n) is 4.63. The van der Waals surface area contributed by atoms with E-state index in [4.69, 9.17) is 10.5 Å². The number of methoxy groups -OCH3 is 1. The van der Waals surface area contributed by atoms with E-state index < -0.39 is 0 Å². The summed E-state index contributed by atoms with van der Waals surface area (Å²) in [6.45, 7) is 0. The highest BCUT2D eigenvalue weighted by molar-refractivity contribution is 9.10. The van der Waals surface area contributed by atoms with Gasteiger partial charge in [0.25, 0.3) is 0 Å². The fourth-order valence-electron chi connectivity index (χ4n) is 1.43. The molecule has 5 heteroatoms. The molecule has 0 saturated carbocycles. The van der Waals surface area contributed by atoms with Gasteiger partial charge < -0.3 is 10.5 Å². The predicted molar refractivity (Wildman–Crippen MR) is 66.1 cm³/mol. The van der Waals surface area contributed by atoms with Crippen LogP contribution in [0.25, 0.3) is 11.3 Å². The zero-order valence-electron chi connectivity index (χ0n) is 8.64. The summed E-state index contributed by atoms with van der Waals surface area (Å²) in [7, 11) is 1.55. The van der Waals surface area contributed by atoms with Crippen LogP contribution in [0.3, 0.4) is 0 Å². The lowest BCUT2D eigenvalue weighted by Crippen LogP contribution is -1.99.